The molecule has 0 saturated carbocycles. The molecule has 0 spiro atoms. The van der Waals surface area contributed by atoms with Crippen LogP contribution < -0.4 is 0 Å². The Morgan fingerprint density at radius 1 is 1.25 bits per heavy atom. The van der Waals surface area contributed by atoms with Crippen molar-refractivity contribution in [2.75, 3.05) is 0 Å². The summed E-state index contributed by atoms with van der Waals surface area (Å²) in [5.74, 6) is 0.583. The summed E-state index contributed by atoms with van der Waals surface area (Å²) in [5, 5.41) is 0. The Kier molecular flexibility index (Phi) is 31.5. The van der Waals surface area contributed by atoms with E-state index < -0.39 is 0 Å². The van der Waals surface area contributed by atoms with E-state index >= 15 is 0 Å². The Hall–Kier alpha value is 1.10. The summed E-state index contributed by atoms with van der Waals surface area (Å²) >= 11 is 0. The van der Waals surface area contributed by atoms with Gasteiger partial charge >= 0.3 is 32.7 Å². The fourth-order valence-electron chi connectivity index (χ4n) is 0. The van der Waals surface area contributed by atoms with Gasteiger partial charge in [0.05, 0.1) is 0 Å². The Labute approximate surface area is 79.3 Å². The molecule has 0 aliphatic heterocycles. The van der Waals surface area contributed by atoms with E-state index in [4.69, 9.17) is 0 Å². The van der Waals surface area contributed by atoms with E-state index in [0.717, 1.165) is 0 Å². The molecule has 0 radical (unpaired) electrons. The molecule has 0 atom stereocenters. The molecule has 0 fully saturated rings. The van der Waals surface area contributed by atoms with Gasteiger partial charge in [0, 0.05) is 0 Å². The van der Waals surface area contributed by atoms with E-state index in [-0.39, 0.29) is 32.7 Å². The van der Waals surface area contributed by atoms with Crippen molar-refractivity contribution in [2.24, 2.45) is 5.92 Å². The van der Waals surface area contributed by atoms with E-state index in [2.05, 4.69) is 20.8 Å². The van der Waals surface area contributed by atoms with Gasteiger partial charge in [-0.25, -0.2) is 0 Å². The third-order valence-corrected chi connectivity index (χ3v) is 0. The van der Waals surface area contributed by atoms with Crippen LogP contribution in [0.3, 0.4) is 0 Å². The SMILES string of the molecule is C[CH-]C.[CH2-]C(C)C.[Y+3]. The molecule has 0 heterocycles. The van der Waals surface area contributed by atoms with Crippen molar-refractivity contribution in [1.82, 2.24) is 0 Å². The summed E-state index contributed by atoms with van der Waals surface area (Å²) in [6.07, 6.45) is 2.00. The first-order valence-corrected chi connectivity index (χ1v) is 2.72. The number of rotatable bonds is 0. The Morgan fingerprint density at radius 3 is 1.25 bits per heavy atom. The quantitative estimate of drug-likeness (QED) is 0.514. The molecule has 0 N–H and O–H groups in total. The Bertz CT molecular complexity index is 15.6. The van der Waals surface area contributed by atoms with Crippen molar-refractivity contribution in [2.45, 2.75) is 27.7 Å². The average Bonchev–Trinajstić information content (AvgIpc) is 1.33. The van der Waals surface area contributed by atoms with Gasteiger partial charge in [-0.2, -0.15) is 19.8 Å². The van der Waals surface area contributed by atoms with Crippen LogP contribution in [0.25, 0.3) is 0 Å². The van der Waals surface area contributed by atoms with E-state index in [1.807, 2.05) is 20.3 Å². The normalized spacial score (nSPS) is 6.75. The average molecular weight is 189 g/mol. The first kappa shape index (κ1) is 16.0. The predicted molar refractivity (Wildman–Crippen MR) is 35.8 cm³/mol. The van der Waals surface area contributed by atoms with Crippen LogP contribution in [0.5, 0.6) is 0 Å². The third-order valence-electron chi connectivity index (χ3n) is 0. The molecule has 0 aliphatic rings. The molecule has 0 rings (SSSR count). The molecule has 0 aromatic heterocycles. The van der Waals surface area contributed by atoms with Crippen LogP contribution in [0.4, 0.5) is 0 Å². The van der Waals surface area contributed by atoms with Crippen molar-refractivity contribution in [3.05, 3.63) is 13.3 Å². The van der Waals surface area contributed by atoms with E-state index in [1.165, 1.54) is 0 Å². The molecule has 0 aliphatic carbocycles. The van der Waals surface area contributed by atoms with E-state index in [0.29, 0.717) is 5.92 Å². The molecule has 0 bridgehead atoms. The van der Waals surface area contributed by atoms with Crippen molar-refractivity contribution in [3.63, 3.8) is 0 Å². The summed E-state index contributed by atoms with van der Waals surface area (Å²) in [6, 6.07) is 0. The second-order valence-corrected chi connectivity index (χ2v) is 1.97. The molecule has 0 unspecified atom stereocenters. The minimum absolute atomic E-state index is 0. The van der Waals surface area contributed by atoms with E-state index in [9.17, 15) is 0 Å². The second kappa shape index (κ2) is 15.7. The van der Waals surface area contributed by atoms with Gasteiger partial charge in [0.15, 0.2) is 0 Å². The Morgan fingerprint density at radius 2 is 1.25 bits per heavy atom. The molecule has 0 nitrogen and oxygen atoms in total. The van der Waals surface area contributed by atoms with Gasteiger partial charge in [-0.15, -0.1) is 0 Å². The number of hydrogen-bond donors (Lipinski definition) is 0. The van der Waals surface area contributed by atoms with Crippen LogP contribution in [0, 0.1) is 19.3 Å². The van der Waals surface area contributed by atoms with Crippen molar-refractivity contribution < 1.29 is 32.7 Å². The summed E-state index contributed by atoms with van der Waals surface area (Å²) in [5.41, 5.74) is 0. The summed E-state index contributed by atoms with van der Waals surface area (Å²) < 4.78 is 0. The maximum Gasteiger partial charge on any atom is 3.00 e. The van der Waals surface area contributed by atoms with Gasteiger partial charge in [0.2, 0.25) is 0 Å². The first-order chi connectivity index (χ1) is 3.15. The first-order valence-electron chi connectivity index (χ1n) is 2.72. The molecule has 0 aromatic carbocycles. The van der Waals surface area contributed by atoms with Crippen LogP contribution in [-0.2, 0) is 32.7 Å². The smallest absolute Gasteiger partial charge is 0.341 e. The van der Waals surface area contributed by atoms with Gasteiger partial charge in [-0.05, 0) is 0 Å². The van der Waals surface area contributed by atoms with Crippen LogP contribution >= 0.6 is 0 Å². The largest absolute Gasteiger partial charge is 3.00 e. The van der Waals surface area contributed by atoms with Gasteiger partial charge in [-0.3, -0.25) is 0 Å². The van der Waals surface area contributed by atoms with E-state index in [1.54, 1.807) is 0 Å². The fraction of sp³-hybridized carbons (Fsp3) is 0.714. The van der Waals surface area contributed by atoms with Crippen LogP contribution in [0.1, 0.15) is 27.7 Å². The van der Waals surface area contributed by atoms with Gasteiger partial charge in [0.1, 0.15) is 0 Å². The maximum atomic E-state index is 3.64. The van der Waals surface area contributed by atoms with Crippen molar-refractivity contribution in [3.8, 4) is 0 Å². The van der Waals surface area contributed by atoms with Gasteiger partial charge < -0.3 is 13.3 Å². The second-order valence-electron chi connectivity index (χ2n) is 1.97. The molecular formula is C7H16Y+. The molecular weight excluding hydrogens is 173 g/mol. The van der Waals surface area contributed by atoms with Crippen molar-refractivity contribution >= 4 is 0 Å². The molecule has 0 amide bonds. The molecule has 1 heteroatoms. The Balaban J connectivity index is -0.0000000575. The monoisotopic (exact) mass is 189 g/mol. The fourth-order valence-corrected chi connectivity index (χ4v) is 0. The maximum absolute atomic E-state index is 3.64. The van der Waals surface area contributed by atoms with Crippen LogP contribution in [0.2, 0.25) is 0 Å². The number of hydrogen-bond acceptors (Lipinski definition) is 0. The minimum Gasteiger partial charge on any atom is -0.341 e. The zero-order valence-corrected chi connectivity index (χ0v) is 9.28. The predicted octanol–water partition coefficient (Wildman–Crippen LogP) is 2.70. The summed E-state index contributed by atoms with van der Waals surface area (Å²) in [4.78, 5) is 0. The van der Waals surface area contributed by atoms with Crippen LogP contribution in [0.15, 0.2) is 0 Å². The standard InChI is InChI=1S/C4H9.C3H7.Y/c1-4(2)3;1-3-2;/h4H,1H2,2-3H3;3H,1-2H3;/q2*-1;+3. The molecule has 0 aromatic rings. The molecule has 0 saturated heterocycles. The van der Waals surface area contributed by atoms with Crippen LogP contribution in [-0.4, -0.2) is 0 Å². The summed E-state index contributed by atoms with van der Waals surface area (Å²) in [7, 11) is 0. The van der Waals surface area contributed by atoms with Gasteiger partial charge in [0.25, 0.3) is 0 Å². The molecule has 46 valence electrons. The van der Waals surface area contributed by atoms with Crippen molar-refractivity contribution in [1.29, 1.82) is 0 Å². The summed E-state index contributed by atoms with van der Waals surface area (Å²) in [6.45, 7) is 11.8. The molecule has 8 heavy (non-hydrogen) atoms. The zero-order chi connectivity index (χ0) is 6.28. The third kappa shape index (κ3) is 217. The zero-order valence-electron chi connectivity index (χ0n) is 6.44. The minimum atomic E-state index is 0. The van der Waals surface area contributed by atoms with Gasteiger partial charge in [-0.1, -0.05) is 13.8 Å². The topological polar surface area (TPSA) is 0 Å².